The number of nitrogens with zero attached hydrogens (tertiary/aromatic N) is 1. The zero-order valence-corrected chi connectivity index (χ0v) is 18.1. The summed E-state index contributed by atoms with van der Waals surface area (Å²) in [5, 5.41) is 0. The van der Waals surface area contributed by atoms with Gasteiger partial charge in [0.25, 0.3) is 0 Å². The Morgan fingerprint density at radius 1 is 1.00 bits per heavy atom. The third kappa shape index (κ3) is 3.62. The van der Waals surface area contributed by atoms with E-state index >= 15 is 0 Å². The van der Waals surface area contributed by atoms with Crippen LogP contribution < -0.4 is 0 Å². The minimum Gasteiger partial charge on any atom is -0.450 e. The van der Waals surface area contributed by atoms with Crippen molar-refractivity contribution >= 4 is 5.97 Å². The van der Waals surface area contributed by atoms with E-state index in [9.17, 15) is 4.79 Å². The Morgan fingerprint density at radius 2 is 1.74 bits per heavy atom. The molecule has 1 unspecified atom stereocenters. The standard InChI is InChI=1S/C28H27NO2/c1-20-18-24(16-13-21-11-14-23(15-12-21)22-8-4-3-5-9-22)25-19-27(30)31-28(25,2)26-10-6-7-17-29(20)26/h3-5,8-9,11-12,14-15,18-20,26H,6-7,10,17H2,1-2H3/t20-,26?,28-/m0/s1. The van der Waals surface area contributed by atoms with Gasteiger partial charge in [-0.3, -0.25) is 4.90 Å². The van der Waals surface area contributed by atoms with Crippen molar-refractivity contribution in [2.45, 2.75) is 50.8 Å². The van der Waals surface area contributed by atoms with Crippen LogP contribution in [-0.2, 0) is 9.53 Å². The van der Waals surface area contributed by atoms with Crippen LogP contribution in [0.25, 0.3) is 11.1 Å². The Bertz CT molecular complexity index is 1120. The number of ether oxygens (including phenoxy) is 1. The van der Waals surface area contributed by atoms with Crippen molar-refractivity contribution < 1.29 is 9.53 Å². The number of rotatable bonds is 1. The van der Waals surface area contributed by atoms with Crippen molar-refractivity contribution in [2.75, 3.05) is 6.54 Å². The van der Waals surface area contributed by atoms with Gasteiger partial charge in [-0.05, 0) is 56.5 Å². The van der Waals surface area contributed by atoms with Gasteiger partial charge in [-0.25, -0.2) is 4.79 Å². The number of benzene rings is 2. The van der Waals surface area contributed by atoms with E-state index in [-0.39, 0.29) is 18.1 Å². The lowest BCUT2D eigenvalue weighted by Crippen LogP contribution is -2.55. The normalized spacial score (nSPS) is 27.6. The minimum atomic E-state index is -0.625. The number of hydrogen-bond acceptors (Lipinski definition) is 3. The van der Waals surface area contributed by atoms with E-state index in [2.05, 4.69) is 73.1 Å². The number of esters is 1. The fraction of sp³-hybridized carbons (Fsp3) is 0.321. The number of carbonyl (C=O) groups excluding carboxylic acids is 1. The summed E-state index contributed by atoms with van der Waals surface area (Å²) in [4.78, 5) is 14.8. The molecule has 0 bridgehead atoms. The Hall–Kier alpha value is -3.09. The minimum absolute atomic E-state index is 0.203. The lowest BCUT2D eigenvalue weighted by molar-refractivity contribution is -0.151. The summed E-state index contributed by atoms with van der Waals surface area (Å²) in [6.07, 6.45) is 7.27. The molecule has 2 aromatic rings. The Balaban J connectivity index is 1.48. The molecule has 3 heterocycles. The molecule has 3 aliphatic rings. The smallest absolute Gasteiger partial charge is 0.332 e. The highest BCUT2D eigenvalue weighted by molar-refractivity contribution is 5.89. The molecule has 3 aliphatic heterocycles. The van der Waals surface area contributed by atoms with Crippen LogP contribution in [0.1, 0.15) is 38.7 Å². The van der Waals surface area contributed by atoms with Gasteiger partial charge in [-0.1, -0.05) is 66.8 Å². The fourth-order valence-electron chi connectivity index (χ4n) is 5.23. The summed E-state index contributed by atoms with van der Waals surface area (Å²) in [6.45, 7) is 5.32. The first-order chi connectivity index (χ1) is 15.0. The molecular formula is C28H27NO2. The molecular weight excluding hydrogens is 382 g/mol. The zero-order chi connectivity index (χ0) is 21.4. The van der Waals surface area contributed by atoms with Gasteiger partial charge in [0, 0.05) is 28.8 Å². The Kier molecular flexibility index (Phi) is 5.04. The maximum Gasteiger partial charge on any atom is 0.332 e. The van der Waals surface area contributed by atoms with Gasteiger partial charge in [0.1, 0.15) is 0 Å². The van der Waals surface area contributed by atoms with Crippen LogP contribution in [0.5, 0.6) is 0 Å². The van der Waals surface area contributed by atoms with Gasteiger partial charge >= 0.3 is 5.97 Å². The quantitative estimate of drug-likeness (QED) is 0.483. The molecule has 0 aromatic heterocycles. The number of hydrogen-bond donors (Lipinski definition) is 0. The van der Waals surface area contributed by atoms with E-state index in [0.717, 1.165) is 29.7 Å². The van der Waals surface area contributed by atoms with Crippen LogP contribution in [0.2, 0.25) is 0 Å². The molecule has 1 fully saturated rings. The van der Waals surface area contributed by atoms with Crippen molar-refractivity contribution in [3.63, 3.8) is 0 Å². The third-order valence-electron chi connectivity index (χ3n) is 6.84. The van der Waals surface area contributed by atoms with Crippen LogP contribution in [0.15, 0.2) is 77.9 Å². The van der Waals surface area contributed by atoms with Crippen LogP contribution in [0.3, 0.4) is 0 Å². The first-order valence-corrected chi connectivity index (χ1v) is 11.2. The molecule has 0 N–H and O–H groups in total. The molecule has 1 saturated heterocycles. The predicted molar refractivity (Wildman–Crippen MR) is 123 cm³/mol. The molecule has 3 nitrogen and oxygen atoms in total. The van der Waals surface area contributed by atoms with Crippen LogP contribution in [0, 0.1) is 11.8 Å². The summed E-state index contributed by atoms with van der Waals surface area (Å²) in [5.74, 6) is 6.45. The fourth-order valence-corrected chi connectivity index (χ4v) is 5.23. The van der Waals surface area contributed by atoms with Crippen molar-refractivity contribution in [3.8, 4) is 23.0 Å². The molecule has 0 aliphatic carbocycles. The topological polar surface area (TPSA) is 29.5 Å². The van der Waals surface area contributed by atoms with E-state index in [1.54, 1.807) is 6.08 Å². The monoisotopic (exact) mass is 409 g/mol. The van der Waals surface area contributed by atoms with Gasteiger partial charge in [0.2, 0.25) is 0 Å². The summed E-state index contributed by atoms with van der Waals surface area (Å²) in [6, 6.07) is 19.1. The van der Waals surface area contributed by atoms with Gasteiger partial charge in [0.05, 0.1) is 6.04 Å². The molecule has 3 heteroatoms. The molecule has 31 heavy (non-hydrogen) atoms. The zero-order valence-electron chi connectivity index (χ0n) is 18.1. The van der Waals surface area contributed by atoms with Crippen molar-refractivity contribution in [1.29, 1.82) is 0 Å². The number of piperidine rings is 1. The first kappa shape index (κ1) is 19.8. The third-order valence-corrected chi connectivity index (χ3v) is 6.84. The summed E-state index contributed by atoms with van der Waals surface area (Å²) < 4.78 is 5.92. The number of carbonyl (C=O) groups is 1. The average molecular weight is 410 g/mol. The lowest BCUT2D eigenvalue weighted by Gasteiger charge is -2.45. The van der Waals surface area contributed by atoms with Gasteiger partial charge in [0.15, 0.2) is 5.60 Å². The lowest BCUT2D eigenvalue weighted by atomic mass is 9.81. The van der Waals surface area contributed by atoms with E-state index in [0.29, 0.717) is 0 Å². The SMILES string of the molecule is C[C@H]1C=C(C#Cc2ccc(-c3ccccc3)cc2)C2=CC(=O)O[C@]2(C)C2CCCCN21. The summed E-state index contributed by atoms with van der Waals surface area (Å²) in [5.41, 5.74) is 4.56. The van der Waals surface area contributed by atoms with Crippen molar-refractivity contribution in [1.82, 2.24) is 4.90 Å². The maximum atomic E-state index is 12.3. The van der Waals surface area contributed by atoms with Gasteiger partial charge in [-0.15, -0.1) is 0 Å². The van der Waals surface area contributed by atoms with Crippen molar-refractivity contribution in [2.24, 2.45) is 0 Å². The van der Waals surface area contributed by atoms with E-state index < -0.39 is 5.60 Å². The highest BCUT2D eigenvalue weighted by Crippen LogP contribution is 2.44. The molecule has 0 amide bonds. The average Bonchev–Trinajstić information content (AvgIpc) is 3.08. The van der Waals surface area contributed by atoms with Crippen LogP contribution in [-0.4, -0.2) is 35.1 Å². The molecule has 0 radical (unpaired) electrons. The maximum absolute atomic E-state index is 12.3. The Morgan fingerprint density at radius 3 is 2.52 bits per heavy atom. The first-order valence-electron chi connectivity index (χ1n) is 11.2. The van der Waals surface area contributed by atoms with E-state index in [1.807, 2.05) is 18.2 Å². The van der Waals surface area contributed by atoms with Crippen LogP contribution >= 0.6 is 0 Å². The Labute approximate surface area is 184 Å². The summed E-state index contributed by atoms with van der Waals surface area (Å²) >= 11 is 0. The second-order valence-electron chi connectivity index (χ2n) is 8.85. The highest BCUT2D eigenvalue weighted by Gasteiger charge is 2.51. The van der Waals surface area contributed by atoms with E-state index in [4.69, 9.17) is 4.74 Å². The molecule has 156 valence electrons. The second-order valence-corrected chi connectivity index (χ2v) is 8.85. The highest BCUT2D eigenvalue weighted by atomic mass is 16.6. The molecule has 5 rings (SSSR count). The molecule has 2 aromatic carbocycles. The van der Waals surface area contributed by atoms with E-state index in [1.165, 1.54) is 24.0 Å². The number of fused-ring (bicyclic) bond motifs is 3. The molecule has 0 saturated carbocycles. The largest absolute Gasteiger partial charge is 0.450 e. The van der Waals surface area contributed by atoms with Gasteiger partial charge < -0.3 is 4.74 Å². The molecule has 0 spiro atoms. The molecule has 3 atom stereocenters. The van der Waals surface area contributed by atoms with Crippen LogP contribution in [0.4, 0.5) is 0 Å². The predicted octanol–water partition coefficient (Wildman–Crippen LogP) is 5.13. The summed E-state index contributed by atoms with van der Waals surface area (Å²) in [7, 11) is 0. The van der Waals surface area contributed by atoms with Crippen molar-refractivity contribution in [3.05, 3.63) is 83.5 Å². The second kappa shape index (κ2) is 7.87. The van der Waals surface area contributed by atoms with Gasteiger partial charge in [-0.2, -0.15) is 0 Å².